The first-order valence-electron chi connectivity index (χ1n) is 2.96. The molecule has 0 amide bonds. The summed E-state index contributed by atoms with van der Waals surface area (Å²) in [6, 6.07) is 0. The van der Waals surface area contributed by atoms with Crippen LogP contribution in [0.4, 0.5) is 4.39 Å². The zero-order chi connectivity index (χ0) is 8.48. The summed E-state index contributed by atoms with van der Waals surface area (Å²) in [6.45, 7) is 0. The first-order valence-corrected chi connectivity index (χ1v) is 4.54. The van der Waals surface area contributed by atoms with Gasteiger partial charge in [-0.25, -0.2) is 4.39 Å². The third kappa shape index (κ3) is 2.24. The Morgan fingerprint density at radius 2 is 2.36 bits per heavy atom. The zero-order valence-corrected chi connectivity index (χ0v) is 8.60. The normalized spacial score (nSPS) is 36.6. The SMILES string of the molecule is O=CC1C=CC(F)(Br)C=C1Br. The van der Waals surface area contributed by atoms with Crippen molar-refractivity contribution in [2.75, 3.05) is 0 Å². The number of rotatable bonds is 1. The molecule has 1 nitrogen and oxygen atoms in total. The highest BCUT2D eigenvalue weighted by Gasteiger charge is 2.25. The summed E-state index contributed by atoms with van der Waals surface area (Å²) in [6.07, 6.45) is 4.87. The van der Waals surface area contributed by atoms with Crippen molar-refractivity contribution >= 4 is 38.1 Å². The Morgan fingerprint density at radius 1 is 1.73 bits per heavy atom. The van der Waals surface area contributed by atoms with Crippen molar-refractivity contribution in [2.24, 2.45) is 5.92 Å². The van der Waals surface area contributed by atoms with Crippen molar-refractivity contribution in [3.63, 3.8) is 0 Å². The second kappa shape index (κ2) is 3.19. The van der Waals surface area contributed by atoms with E-state index >= 15 is 0 Å². The lowest BCUT2D eigenvalue weighted by Gasteiger charge is -2.16. The molecule has 0 bridgehead atoms. The summed E-state index contributed by atoms with van der Waals surface area (Å²) < 4.78 is 12.0. The number of aldehydes is 1. The van der Waals surface area contributed by atoms with Gasteiger partial charge < -0.3 is 4.79 Å². The molecule has 2 atom stereocenters. The van der Waals surface area contributed by atoms with Gasteiger partial charge in [0.05, 0.1) is 5.92 Å². The largest absolute Gasteiger partial charge is 0.302 e. The summed E-state index contributed by atoms with van der Waals surface area (Å²) in [5, 5.41) is 0. The minimum atomic E-state index is -1.61. The lowest BCUT2D eigenvalue weighted by molar-refractivity contribution is -0.109. The molecule has 11 heavy (non-hydrogen) atoms. The van der Waals surface area contributed by atoms with E-state index in [1.165, 1.54) is 18.2 Å². The monoisotopic (exact) mass is 282 g/mol. The third-order valence-electron chi connectivity index (χ3n) is 1.32. The number of halogens is 3. The Labute approximate surface area is 80.6 Å². The highest BCUT2D eigenvalue weighted by atomic mass is 79.9. The minimum absolute atomic E-state index is 0.337. The molecule has 60 valence electrons. The van der Waals surface area contributed by atoms with Gasteiger partial charge in [-0.1, -0.05) is 22.0 Å². The van der Waals surface area contributed by atoms with Crippen molar-refractivity contribution in [3.8, 4) is 0 Å². The Kier molecular flexibility index (Phi) is 2.65. The molecule has 0 radical (unpaired) electrons. The van der Waals surface area contributed by atoms with Gasteiger partial charge in [-0.2, -0.15) is 0 Å². The predicted molar refractivity (Wildman–Crippen MR) is 48.5 cm³/mol. The van der Waals surface area contributed by atoms with E-state index in [9.17, 15) is 9.18 Å². The maximum absolute atomic E-state index is 13.0. The fourth-order valence-electron chi connectivity index (χ4n) is 0.762. The van der Waals surface area contributed by atoms with Crippen molar-refractivity contribution in [3.05, 3.63) is 22.7 Å². The molecule has 1 rings (SSSR count). The number of carbonyl (C=O) groups excluding carboxylic acids is 1. The molecule has 0 saturated carbocycles. The average molecular weight is 284 g/mol. The smallest absolute Gasteiger partial charge is 0.202 e. The molecular weight excluding hydrogens is 279 g/mol. The fraction of sp³-hybridized carbons (Fsp3) is 0.286. The first-order chi connectivity index (χ1) is 5.05. The molecule has 0 aromatic heterocycles. The van der Waals surface area contributed by atoms with Gasteiger partial charge in [0.2, 0.25) is 4.58 Å². The molecule has 1 aliphatic rings. The van der Waals surface area contributed by atoms with Crippen LogP contribution in [0.2, 0.25) is 0 Å². The average Bonchev–Trinajstić information content (AvgIpc) is 1.86. The summed E-state index contributed by atoms with van der Waals surface area (Å²) in [4.78, 5) is 10.3. The number of alkyl halides is 2. The number of carbonyl (C=O) groups is 1. The van der Waals surface area contributed by atoms with Gasteiger partial charge >= 0.3 is 0 Å². The third-order valence-corrected chi connectivity index (χ3v) is 2.57. The van der Waals surface area contributed by atoms with E-state index in [0.29, 0.717) is 4.48 Å². The van der Waals surface area contributed by atoms with E-state index in [4.69, 9.17) is 0 Å². The van der Waals surface area contributed by atoms with Crippen molar-refractivity contribution in [1.29, 1.82) is 0 Å². The van der Waals surface area contributed by atoms with Crippen LogP contribution in [0.1, 0.15) is 0 Å². The predicted octanol–water partition coefficient (Wildman–Crippen LogP) is 2.71. The van der Waals surface area contributed by atoms with Crippen LogP contribution in [-0.2, 0) is 4.79 Å². The molecule has 0 aliphatic heterocycles. The Morgan fingerprint density at radius 3 is 2.82 bits per heavy atom. The zero-order valence-electron chi connectivity index (χ0n) is 5.43. The Bertz CT molecular complexity index is 233. The molecular formula is C7H5Br2FO. The Balaban J connectivity index is 2.88. The van der Waals surface area contributed by atoms with Gasteiger partial charge in [0.1, 0.15) is 6.29 Å². The van der Waals surface area contributed by atoms with Crippen molar-refractivity contribution in [2.45, 2.75) is 4.58 Å². The highest BCUT2D eigenvalue weighted by molar-refractivity contribution is 9.12. The minimum Gasteiger partial charge on any atom is -0.302 e. The van der Waals surface area contributed by atoms with Crippen LogP contribution < -0.4 is 0 Å². The molecule has 0 fully saturated rings. The maximum Gasteiger partial charge on any atom is 0.202 e. The fourth-order valence-corrected chi connectivity index (χ4v) is 2.06. The van der Waals surface area contributed by atoms with Gasteiger partial charge in [0.25, 0.3) is 0 Å². The van der Waals surface area contributed by atoms with E-state index in [1.807, 2.05) is 0 Å². The topological polar surface area (TPSA) is 17.1 Å². The molecule has 0 N–H and O–H groups in total. The molecule has 0 aromatic rings. The van der Waals surface area contributed by atoms with Crippen LogP contribution in [0, 0.1) is 5.92 Å². The first kappa shape index (κ1) is 9.13. The number of hydrogen-bond acceptors (Lipinski definition) is 1. The van der Waals surface area contributed by atoms with Crippen LogP contribution in [0.3, 0.4) is 0 Å². The molecule has 0 spiro atoms. The van der Waals surface area contributed by atoms with Crippen molar-refractivity contribution in [1.82, 2.24) is 0 Å². The van der Waals surface area contributed by atoms with E-state index < -0.39 is 4.58 Å². The van der Waals surface area contributed by atoms with E-state index in [-0.39, 0.29) is 5.92 Å². The quantitative estimate of drug-likeness (QED) is 0.411. The van der Waals surface area contributed by atoms with E-state index in [2.05, 4.69) is 31.9 Å². The maximum atomic E-state index is 13.0. The van der Waals surface area contributed by atoms with Crippen LogP contribution in [-0.4, -0.2) is 10.9 Å². The molecule has 0 aromatic carbocycles. The lowest BCUT2D eigenvalue weighted by atomic mass is 10.0. The molecule has 4 heteroatoms. The molecule has 0 heterocycles. The van der Waals surface area contributed by atoms with Gasteiger partial charge in [0, 0.05) is 4.48 Å². The number of hydrogen-bond donors (Lipinski definition) is 0. The van der Waals surface area contributed by atoms with Gasteiger partial charge in [-0.05, 0) is 28.1 Å². The van der Waals surface area contributed by atoms with Gasteiger partial charge in [-0.15, -0.1) is 0 Å². The molecule has 2 unspecified atom stereocenters. The summed E-state index contributed by atoms with van der Waals surface area (Å²) >= 11 is 5.91. The van der Waals surface area contributed by atoms with Crippen molar-refractivity contribution < 1.29 is 9.18 Å². The van der Waals surface area contributed by atoms with Gasteiger partial charge in [-0.3, -0.25) is 0 Å². The second-order valence-electron chi connectivity index (χ2n) is 2.22. The second-order valence-corrected chi connectivity index (χ2v) is 4.36. The summed E-state index contributed by atoms with van der Waals surface area (Å²) in [5.74, 6) is -0.337. The Hall–Kier alpha value is 0.0400. The lowest BCUT2D eigenvalue weighted by Crippen LogP contribution is -2.14. The standard InChI is InChI=1S/C7H5Br2FO/c8-6-3-7(9,10)2-1-5(6)4-11/h1-5H. The number of allylic oxidation sites excluding steroid dienone is 4. The van der Waals surface area contributed by atoms with Gasteiger partial charge in [0.15, 0.2) is 0 Å². The highest BCUT2D eigenvalue weighted by Crippen LogP contribution is 2.34. The molecule has 0 saturated heterocycles. The van der Waals surface area contributed by atoms with Crippen LogP contribution in [0.5, 0.6) is 0 Å². The van der Waals surface area contributed by atoms with E-state index in [0.717, 1.165) is 6.29 Å². The summed E-state index contributed by atoms with van der Waals surface area (Å²) in [7, 11) is 0. The van der Waals surface area contributed by atoms with Crippen LogP contribution in [0.25, 0.3) is 0 Å². The van der Waals surface area contributed by atoms with Crippen LogP contribution >= 0.6 is 31.9 Å². The van der Waals surface area contributed by atoms with E-state index in [1.54, 1.807) is 0 Å². The summed E-state index contributed by atoms with van der Waals surface area (Å²) in [5.41, 5.74) is 0. The molecule has 1 aliphatic carbocycles. The van der Waals surface area contributed by atoms with Crippen LogP contribution in [0.15, 0.2) is 22.7 Å².